The third kappa shape index (κ3) is 12.0. The van der Waals surface area contributed by atoms with E-state index >= 15 is 0 Å². The molecule has 3 N–H and O–H groups in total. The van der Waals surface area contributed by atoms with E-state index in [1.807, 2.05) is 60.7 Å². The van der Waals surface area contributed by atoms with Crippen LogP contribution in [0.2, 0.25) is 0 Å². The molecule has 0 saturated heterocycles. The highest BCUT2D eigenvalue weighted by Gasteiger charge is 2.65. The van der Waals surface area contributed by atoms with Gasteiger partial charge in [-0.25, -0.2) is 4.79 Å². The Hall–Kier alpha value is -7.22. The molecule has 384 valence electrons. The molecule has 5 aromatic rings. The number of nitro groups is 2. The van der Waals surface area contributed by atoms with Gasteiger partial charge in [0.1, 0.15) is 35.6 Å². The fourth-order valence-corrected chi connectivity index (χ4v) is 10.5. The Bertz CT molecular complexity index is 2790. The second-order valence-electron chi connectivity index (χ2n) is 18.2. The number of allylic oxidation sites excluding steroid dienone is 1. The van der Waals surface area contributed by atoms with Gasteiger partial charge in [-0.2, -0.15) is 0 Å². The third-order valence-electron chi connectivity index (χ3n) is 13.7. The van der Waals surface area contributed by atoms with E-state index in [1.165, 1.54) is 41.3 Å². The Morgan fingerprint density at radius 2 is 1.48 bits per heavy atom. The predicted molar refractivity (Wildman–Crippen MR) is 271 cm³/mol. The summed E-state index contributed by atoms with van der Waals surface area (Å²) in [6.45, 7) is 3.52. The van der Waals surface area contributed by atoms with Crippen molar-refractivity contribution in [2.45, 2.75) is 69.3 Å². The number of carbonyl (C=O) groups excluding carboxylic acids is 1. The molecule has 0 bridgehead atoms. The number of fused-ring (bicyclic) bond motifs is 3. The summed E-state index contributed by atoms with van der Waals surface area (Å²) >= 11 is 0. The molecule has 73 heavy (non-hydrogen) atoms. The first-order valence-corrected chi connectivity index (χ1v) is 24.6. The van der Waals surface area contributed by atoms with Crippen LogP contribution in [0.25, 0.3) is 10.8 Å². The van der Waals surface area contributed by atoms with Crippen molar-refractivity contribution in [3.63, 3.8) is 0 Å². The molecule has 0 radical (unpaired) electrons. The van der Waals surface area contributed by atoms with Crippen LogP contribution in [0.4, 0.5) is 16.2 Å². The first kappa shape index (κ1) is 52.1. The molecule has 2 aliphatic carbocycles. The zero-order chi connectivity index (χ0) is 51.3. The Kier molecular flexibility index (Phi) is 17.5. The maximum absolute atomic E-state index is 14.9. The first-order chi connectivity index (χ1) is 35.6. The lowest BCUT2D eigenvalue weighted by Crippen LogP contribution is -2.70. The number of benzene rings is 5. The van der Waals surface area contributed by atoms with Gasteiger partial charge in [0.05, 0.1) is 47.9 Å². The lowest BCUT2D eigenvalue weighted by Gasteiger charge is -2.59. The summed E-state index contributed by atoms with van der Waals surface area (Å²) in [5, 5.41) is 59.7. The second-order valence-corrected chi connectivity index (χ2v) is 18.2. The van der Waals surface area contributed by atoms with Gasteiger partial charge in [0.25, 0.3) is 11.4 Å². The number of amides is 1. The van der Waals surface area contributed by atoms with Gasteiger partial charge < -0.3 is 43.8 Å². The second kappa shape index (κ2) is 24.5. The highest BCUT2D eigenvalue weighted by Crippen LogP contribution is 2.62. The zero-order valence-corrected chi connectivity index (χ0v) is 40.4. The van der Waals surface area contributed by atoms with E-state index in [-0.39, 0.29) is 88.2 Å². The van der Waals surface area contributed by atoms with Gasteiger partial charge in [0, 0.05) is 61.9 Å². The summed E-state index contributed by atoms with van der Waals surface area (Å²) in [4.78, 5) is 44.5. The first-order valence-electron chi connectivity index (χ1n) is 24.6. The van der Waals surface area contributed by atoms with Crippen LogP contribution in [0.3, 0.4) is 0 Å². The van der Waals surface area contributed by atoms with Crippen LogP contribution in [-0.2, 0) is 20.9 Å². The van der Waals surface area contributed by atoms with Crippen molar-refractivity contribution in [3.05, 3.63) is 165 Å². The quantitative estimate of drug-likeness (QED) is 0.0214. The van der Waals surface area contributed by atoms with Crippen LogP contribution < -0.4 is 14.2 Å². The number of non-ortho nitro benzene ring substituents is 2. The Morgan fingerprint density at radius 1 is 0.808 bits per heavy atom. The molecule has 1 fully saturated rings. The van der Waals surface area contributed by atoms with E-state index in [0.29, 0.717) is 67.0 Å². The smallest absolute Gasteiger partial charge is 0.415 e. The minimum absolute atomic E-state index is 0.00206. The molecule has 1 heterocycles. The van der Waals surface area contributed by atoms with Crippen LogP contribution in [0.5, 0.6) is 23.0 Å². The Labute approximate surface area is 422 Å². The number of ether oxygens (including phenoxy) is 5. The van der Waals surface area contributed by atoms with E-state index in [9.17, 15) is 40.3 Å². The number of rotatable bonds is 25. The lowest BCUT2D eigenvalue weighted by atomic mass is 9.55. The van der Waals surface area contributed by atoms with Gasteiger partial charge in [0.15, 0.2) is 0 Å². The predicted octanol–water partition coefficient (Wildman–Crippen LogP) is 9.79. The number of nitro benzene ring substituents is 2. The van der Waals surface area contributed by atoms with Crippen molar-refractivity contribution in [1.29, 1.82) is 0 Å². The molecule has 18 heteroatoms. The normalized spacial score (nSPS) is 21.3. The van der Waals surface area contributed by atoms with Crippen LogP contribution in [-0.4, -0.2) is 99.9 Å². The molecule has 0 unspecified atom stereocenters. The number of carbonyl (C=O) groups is 1. The number of oxime groups is 1. The van der Waals surface area contributed by atoms with Gasteiger partial charge in [-0.3, -0.25) is 25.1 Å². The van der Waals surface area contributed by atoms with Crippen LogP contribution >= 0.6 is 0 Å². The van der Waals surface area contributed by atoms with E-state index in [2.05, 4.69) is 12.7 Å². The van der Waals surface area contributed by atoms with Crippen molar-refractivity contribution < 1.29 is 58.5 Å². The zero-order valence-electron chi connectivity index (χ0n) is 40.4. The molecular formula is C55H60N4O14. The maximum atomic E-state index is 14.9. The molecule has 3 aliphatic rings. The fraction of sp³-hybridized carbons (Fsp3) is 0.382. The molecule has 18 nitrogen and oxygen atoms in total. The number of hydrogen-bond donors (Lipinski definition) is 3. The lowest BCUT2D eigenvalue weighted by molar-refractivity contribution is -0.385. The van der Waals surface area contributed by atoms with Crippen LogP contribution in [0.15, 0.2) is 139 Å². The molecule has 0 aromatic heterocycles. The summed E-state index contributed by atoms with van der Waals surface area (Å²) in [5.41, 5.74) is 2.40. The van der Waals surface area contributed by atoms with Crippen LogP contribution in [0.1, 0.15) is 62.0 Å². The average molecular weight is 1000 g/mol. The highest BCUT2D eigenvalue weighted by molar-refractivity contribution is 6.03. The molecule has 1 amide bonds. The topological polar surface area (TPSA) is 235 Å². The Morgan fingerprint density at radius 3 is 2.18 bits per heavy atom. The SMILES string of the molecule is C=CCO[C@@]12Oc3ccc(Oc4ccc5ccccc5c4)cc3[C@H]3[C@H](CCCCO)[C@@H](CCCCO)C=C(C(=NOCc4ccc([N+](=O)[O-])cc4)C[C@@H]1N(CCOCCO)C(=O)Oc1ccc([N+](=O)[O-])cc1)[C@H]32. The van der Waals surface area contributed by atoms with Gasteiger partial charge in [-0.1, -0.05) is 60.5 Å². The van der Waals surface area contributed by atoms with Crippen molar-refractivity contribution in [2.75, 3.05) is 46.2 Å². The molecule has 1 aliphatic heterocycles. The standard InChI is InChI=1S/C55H60N4O14/c1-2-29-69-55-51(57(25-30-68-31-28-62)54(63)72-43-21-18-42(19-22-43)59(66)67)35-49(56-70-36-37-13-16-41(17-14-37)58(64)65)47-33-40(11-5-7-26-60)46(12-6-8-27-61)52(53(47)55)48-34-45(23-24-50(48)73-55)71-44-20-15-38-9-3-4-10-39(38)32-44/h2-4,9-10,13-24,32-34,40,46,51-53,60-62H,1,5-8,11-12,25-31,35-36H2/t40-,46+,51-,52+,53+,55+/m0/s1. The van der Waals surface area contributed by atoms with Crippen molar-refractivity contribution in [1.82, 2.24) is 4.90 Å². The number of hydrogen-bond acceptors (Lipinski definition) is 15. The van der Waals surface area contributed by atoms with Crippen molar-refractivity contribution in [3.8, 4) is 23.0 Å². The summed E-state index contributed by atoms with van der Waals surface area (Å²) in [6, 6.07) is 29.6. The van der Waals surface area contributed by atoms with E-state index in [4.69, 9.17) is 33.7 Å². The van der Waals surface area contributed by atoms with Gasteiger partial charge in [-0.05, 0) is 114 Å². The summed E-state index contributed by atoms with van der Waals surface area (Å²) in [5.74, 6) is -1.29. The highest BCUT2D eigenvalue weighted by atomic mass is 16.7. The minimum Gasteiger partial charge on any atom is -0.459 e. The van der Waals surface area contributed by atoms with Gasteiger partial charge in [0.2, 0.25) is 5.79 Å². The number of aliphatic hydroxyl groups excluding tert-OH is 3. The van der Waals surface area contributed by atoms with Crippen molar-refractivity contribution in [2.24, 2.45) is 22.9 Å². The van der Waals surface area contributed by atoms with E-state index in [0.717, 1.165) is 21.9 Å². The third-order valence-corrected chi connectivity index (χ3v) is 13.7. The molecular weight excluding hydrogens is 941 g/mol. The molecule has 5 aromatic carbocycles. The minimum atomic E-state index is -1.69. The molecule has 8 rings (SSSR count). The Balaban J connectivity index is 1.31. The number of nitrogens with zero attached hydrogens (tertiary/aromatic N) is 4. The van der Waals surface area contributed by atoms with Gasteiger partial charge >= 0.3 is 6.09 Å². The summed E-state index contributed by atoms with van der Waals surface area (Å²) in [7, 11) is 0. The maximum Gasteiger partial charge on any atom is 0.415 e. The number of aliphatic hydroxyl groups is 3. The summed E-state index contributed by atoms with van der Waals surface area (Å²) in [6.07, 6.45) is 6.86. The monoisotopic (exact) mass is 1000 g/mol. The molecule has 6 atom stereocenters. The number of unbranched alkanes of at least 4 members (excludes halogenated alkanes) is 2. The average Bonchev–Trinajstić information content (AvgIpc) is 3.39. The largest absolute Gasteiger partial charge is 0.459 e. The fourth-order valence-electron chi connectivity index (χ4n) is 10.5. The van der Waals surface area contributed by atoms with Crippen molar-refractivity contribution >= 4 is 34.0 Å². The molecule has 0 spiro atoms. The van der Waals surface area contributed by atoms with Gasteiger partial charge in [-0.15, -0.1) is 6.58 Å². The molecule has 1 saturated carbocycles. The van der Waals surface area contributed by atoms with Crippen LogP contribution in [0, 0.1) is 38.0 Å². The van der Waals surface area contributed by atoms with E-state index in [1.54, 1.807) is 18.2 Å². The van der Waals surface area contributed by atoms with E-state index < -0.39 is 39.6 Å². The summed E-state index contributed by atoms with van der Waals surface area (Å²) < 4.78 is 32.8.